The fraction of sp³-hybridized carbons (Fsp3) is 0.800. The number of ether oxygens (including phenoxy) is 2. The number of nitrogens with zero attached hydrogens (tertiary/aromatic N) is 3. The molecule has 0 atom stereocenters. The van der Waals surface area contributed by atoms with E-state index in [0.29, 0.717) is 13.0 Å². The SMILES string of the molecule is COCCc1nc(CN2CC(F)(F)OC(F)(F)C2)no1. The fourth-order valence-corrected chi connectivity index (χ4v) is 1.82. The summed E-state index contributed by atoms with van der Waals surface area (Å²) in [4.78, 5) is 4.72. The summed E-state index contributed by atoms with van der Waals surface area (Å²) in [5.74, 6) is 0.318. The number of rotatable bonds is 5. The Morgan fingerprint density at radius 2 is 1.90 bits per heavy atom. The van der Waals surface area contributed by atoms with E-state index in [1.807, 2.05) is 0 Å². The summed E-state index contributed by atoms with van der Waals surface area (Å²) in [5, 5.41) is 3.54. The van der Waals surface area contributed by atoms with Crippen molar-refractivity contribution in [2.45, 2.75) is 25.2 Å². The average Bonchev–Trinajstić information content (AvgIpc) is 2.69. The van der Waals surface area contributed by atoms with E-state index >= 15 is 0 Å². The molecule has 0 saturated carbocycles. The average molecular weight is 299 g/mol. The Morgan fingerprint density at radius 3 is 2.50 bits per heavy atom. The van der Waals surface area contributed by atoms with E-state index in [2.05, 4.69) is 14.9 Å². The number of hydrogen-bond acceptors (Lipinski definition) is 6. The molecule has 0 spiro atoms. The van der Waals surface area contributed by atoms with Crippen molar-refractivity contribution >= 4 is 0 Å². The third-order valence-corrected chi connectivity index (χ3v) is 2.51. The van der Waals surface area contributed by atoms with Gasteiger partial charge in [0.05, 0.1) is 32.7 Å². The van der Waals surface area contributed by atoms with Crippen LogP contribution < -0.4 is 0 Å². The zero-order chi connectivity index (χ0) is 14.8. The Hall–Kier alpha value is -1.26. The Kier molecular flexibility index (Phi) is 4.25. The predicted molar refractivity (Wildman–Crippen MR) is 56.1 cm³/mol. The Labute approximate surface area is 111 Å². The number of methoxy groups -OCH3 is 1. The molecule has 1 saturated heterocycles. The molecule has 0 amide bonds. The van der Waals surface area contributed by atoms with Crippen LogP contribution in [0.25, 0.3) is 0 Å². The highest BCUT2D eigenvalue weighted by Crippen LogP contribution is 2.33. The molecule has 114 valence electrons. The van der Waals surface area contributed by atoms with Crippen molar-refractivity contribution in [2.24, 2.45) is 0 Å². The summed E-state index contributed by atoms with van der Waals surface area (Å²) in [6.07, 6.45) is -7.46. The van der Waals surface area contributed by atoms with Gasteiger partial charge in [0.25, 0.3) is 0 Å². The molecule has 1 aliphatic rings. The number of hydrogen-bond donors (Lipinski definition) is 0. The molecule has 10 heteroatoms. The van der Waals surface area contributed by atoms with Gasteiger partial charge in [-0.15, -0.1) is 0 Å². The molecule has 0 N–H and O–H groups in total. The number of morpholine rings is 1. The molecule has 6 nitrogen and oxygen atoms in total. The first-order chi connectivity index (χ1) is 9.30. The van der Waals surface area contributed by atoms with Gasteiger partial charge in [-0.25, -0.2) is 0 Å². The van der Waals surface area contributed by atoms with Gasteiger partial charge in [0.2, 0.25) is 5.89 Å². The summed E-state index contributed by atoms with van der Waals surface area (Å²) in [6.45, 7) is -1.82. The lowest BCUT2D eigenvalue weighted by molar-refractivity contribution is -0.405. The van der Waals surface area contributed by atoms with Gasteiger partial charge in [-0.1, -0.05) is 5.16 Å². The summed E-state index contributed by atoms with van der Waals surface area (Å²) in [7, 11) is 1.50. The van der Waals surface area contributed by atoms with Gasteiger partial charge in [-0.3, -0.25) is 9.64 Å². The molecule has 0 aliphatic carbocycles. The largest absolute Gasteiger partial charge is 0.384 e. The molecule has 1 aliphatic heterocycles. The summed E-state index contributed by atoms with van der Waals surface area (Å²) in [6, 6.07) is 0. The molecule has 0 radical (unpaired) electrons. The van der Waals surface area contributed by atoms with Gasteiger partial charge in [0, 0.05) is 7.11 Å². The maximum Gasteiger partial charge on any atom is 0.372 e. The van der Waals surface area contributed by atoms with E-state index < -0.39 is 25.3 Å². The summed E-state index contributed by atoms with van der Waals surface area (Å²) < 4.78 is 65.0. The minimum absolute atomic E-state index is 0.0598. The van der Waals surface area contributed by atoms with Gasteiger partial charge in [-0.2, -0.15) is 22.5 Å². The van der Waals surface area contributed by atoms with Crippen LogP contribution in [0.2, 0.25) is 0 Å². The first-order valence-electron chi connectivity index (χ1n) is 5.78. The predicted octanol–water partition coefficient (Wildman–Crippen LogP) is 1.28. The number of aromatic nitrogens is 2. The molecule has 0 unspecified atom stereocenters. The Balaban J connectivity index is 1.97. The summed E-state index contributed by atoms with van der Waals surface area (Å²) in [5.41, 5.74) is 0. The number of alkyl halides is 4. The van der Waals surface area contributed by atoms with Crippen LogP contribution >= 0.6 is 0 Å². The van der Waals surface area contributed by atoms with E-state index in [-0.39, 0.29) is 18.3 Å². The van der Waals surface area contributed by atoms with Crippen molar-refractivity contribution in [1.82, 2.24) is 15.0 Å². The lowest BCUT2D eigenvalue weighted by atomic mass is 10.3. The molecule has 20 heavy (non-hydrogen) atoms. The molecule has 2 heterocycles. The molecule has 2 rings (SSSR count). The highest BCUT2D eigenvalue weighted by Gasteiger charge is 2.51. The first-order valence-corrected chi connectivity index (χ1v) is 5.78. The van der Waals surface area contributed by atoms with Crippen LogP contribution in [0.3, 0.4) is 0 Å². The summed E-state index contributed by atoms with van der Waals surface area (Å²) >= 11 is 0. The van der Waals surface area contributed by atoms with Crippen molar-refractivity contribution in [3.63, 3.8) is 0 Å². The van der Waals surface area contributed by atoms with Crippen molar-refractivity contribution < 1.29 is 31.6 Å². The van der Waals surface area contributed by atoms with Crippen molar-refractivity contribution in [1.29, 1.82) is 0 Å². The smallest absolute Gasteiger partial charge is 0.372 e. The third-order valence-electron chi connectivity index (χ3n) is 2.51. The minimum atomic E-state index is -3.91. The molecule has 1 aromatic rings. The molecule has 0 bridgehead atoms. The second-order valence-electron chi connectivity index (χ2n) is 4.37. The Bertz CT molecular complexity index is 439. The topological polar surface area (TPSA) is 60.6 Å². The molecule has 0 aromatic carbocycles. The minimum Gasteiger partial charge on any atom is -0.384 e. The molecular weight excluding hydrogens is 286 g/mol. The van der Waals surface area contributed by atoms with Crippen molar-refractivity contribution in [2.75, 3.05) is 26.8 Å². The fourth-order valence-electron chi connectivity index (χ4n) is 1.82. The van der Waals surface area contributed by atoms with E-state index in [4.69, 9.17) is 9.26 Å². The van der Waals surface area contributed by atoms with Gasteiger partial charge >= 0.3 is 12.2 Å². The Morgan fingerprint density at radius 1 is 1.25 bits per heavy atom. The third kappa shape index (κ3) is 4.12. The van der Waals surface area contributed by atoms with E-state index in [0.717, 1.165) is 4.90 Å². The van der Waals surface area contributed by atoms with Gasteiger partial charge in [0.15, 0.2) is 5.82 Å². The zero-order valence-corrected chi connectivity index (χ0v) is 10.6. The molecular formula is C10H13F4N3O3. The first kappa shape index (κ1) is 15.1. The lowest BCUT2D eigenvalue weighted by Crippen LogP contribution is -2.54. The molecule has 1 aromatic heterocycles. The highest BCUT2D eigenvalue weighted by atomic mass is 19.3. The second-order valence-corrected chi connectivity index (χ2v) is 4.37. The van der Waals surface area contributed by atoms with Crippen molar-refractivity contribution in [3.8, 4) is 0 Å². The normalized spacial score (nSPS) is 22.1. The van der Waals surface area contributed by atoms with Gasteiger partial charge in [0.1, 0.15) is 0 Å². The van der Waals surface area contributed by atoms with Crippen LogP contribution in [-0.2, 0) is 22.4 Å². The quantitative estimate of drug-likeness (QED) is 0.763. The molecule has 1 fully saturated rings. The van der Waals surface area contributed by atoms with Gasteiger partial charge < -0.3 is 9.26 Å². The maximum absolute atomic E-state index is 13.0. The standard InChI is InChI=1S/C10H13F4N3O3/c1-18-3-2-8-15-7(16-19-8)4-17-5-9(11,12)20-10(13,14)6-17/h2-6H2,1H3. The van der Waals surface area contributed by atoms with E-state index in [9.17, 15) is 17.6 Å². The van der Waals surface area contributed by atoms with Gasteiger partial charge in [-0.05, 0) is 0 Å². The second kappa shape index (κ2) is 5.62. The van der Waals surface area contributed by atoms with E-state index in [1.54, 1.807) is 0 Å². The van der Waals surface area contributed by atoms with Crippen LogP contribution in [0.4, 0.5) is 17.6 Å². The van der Waals surface area contributed by atoms with Crippen LogP contribution in [0, 0.1) is 0 Å². The van der Waals surface area contributed by atoms with Crippen molar-refractivity contribution in [3.05, 3.63) is 11.7 Å². The van der Waals surface area contributed by atoms with Crippen LogP contribution in [0.15, 0.2) is 4.52 Å². The zero-order valence-electron chi connectivity index (χ0n) is 10.6. The van der Waals surface area contributed by atoms with Crippen LogP contribution in [0.1, 0.15) is 11.7 Å². The highest BCUT2D eigenvalue weighted by molar-refractivity contribution is 4.88. The number of halogens is 4. The van der Waals surface area contributed by atoms with E-state index in [1.165, 1.54) is 7.11 Å². The maximum atomic E-state index is 13.0. The van der Waals surface area contributed by atoms with Crippen LogP contribution in [0.5, 0.6) is 0 Å². The van der Waals surface area contributed by atoms with Crippen LogP contribution in [-0.4, -0.2) is 54.1 Å². The monoisotopic (exact) mass is 299 g/mol. The lowest BCUT2D eigenvalue weighted by Gasteiger charge is -2.36.